The third-order valence-corrected chi connectivity index (χ3v) is 4.07. The van der Waals surface area contributed by atoms with Crippen LogP contribution in [0.5, 0.6) is 0 Å². The first-order chi connectivity index (χ1) is 10.4. The summed E-state index contributed by atoms with van der Waals surface area (Å²) in [5.74, 6) is 0. The maximum absolute atomic E-state index is 6.15. The molecule has 0 saturated heterocycles. The Morgan fingerprint density at radius 2 is 1.55 bits per heavy atom. The Labute approximate surface area is 132 Å². The third-order valence-electron chi connectivity index (χ3n) is 4.07. The van der Waals surface area contributed by atoms with Crippen LogP contribution in [0.2, 0.25) is 0 Å². The summed E-state index contributed by atoms with van der Waals surface area (Å²) in [7, 11) is 0. The molecule has 22 heavy (non-hydrogen) atoms. The third kappa shape index (κ3) is 2.60. The maximum atomic E-state index is 6.15. The first-order valence-corrected chi connectivity index (χ1v) is 7.60. The van der Waals surface area contributed by atoms with E-state index in [4.69, 9.17) is 5.73 Å². The highest BCUT2D eigenvalue weighted by molar-refractivity contribution is 5.85. The van der Waals surface area contributed by atoms with E-state index >= 15 is 0 Å². The van der Waals surface area contributed by atoms with E-state index < -0.39 is 0 Å². The van der Waals surface area contributed by atoms with Gasteiger partial charge in [-0.1, -0.05) is 35.9 Å². The van der Waals surface area contributed by atoms with Crippen molar-refractivity contribution in [2.75, 3.05) is 5.43 Å². The standard InChI is InChI=1S/C19H23N3/c1-12(2)18-16-11-14(7-10-17(16)21-22-18)13-5-8-15(9-6-13)19(3,4)20/h5-11,21-22H,20H2,1-4H3. The molecule has 2 aromatic rings. The van der Waals surface area contributed by atoms with Crippen LogP contribution in [0.25, 0.3) is 16.8 Å². The lowest BCUT2D eigenvalue weighted by molar-refractivity contribution is 0.554. The Hall–Kier alpha value is -2.26. The van der Waals surface area contributed by atoms with E-state index in [1.807, 2.05) is 13.8 Å². The summed E-state index contributed by atoms with van der Waals surface area (Å²) in [6.07, 6.45) is 0. The topological polar surface area (TPSA) is 50.1 Å². The minimum atomic E-state index is -0.306. The molecule has 0 atom stereocenters. The highest BCUT2D eigenvalue weighted by Crippen LogP contribution is 2.34. The zero-order valence-corrected chi connectivity index (χ0v) is 13.6. The summed E-state index contributed by atoms with van der Waals surface area (Å²) in [5, 5.41) is 0. The van der Waals surface area contributed by atoms with Crippen molar-refractivity contribution in [3.63, 3.8) is 0 Å². The van der Waals surface area contributed by atoms with Crippen molar-refractivity contribution in [1.29, 1.82) is 0 Å². The molecule has 4 N–H and O–H groups in total. The van der Waals surface area contributed by atoms with Crippen molar-refractivity contribution in [3.05, 3.63) is 59.2 Å². The Bertz CT molecular complexity index is 730. The summed E-state index contributed by atoms with van der Waals surface area (Å²) < 4.78 is 0. The Morgan fingerprint density at radius 3 is 2.14 bits per heavy atom. The number of nitrogens with one attached hydrogen (secondary N) is 2. The highest BCUT2D eigenvalue weighted by atomic mass is 15.4. The molecular formula is C19H23N3. The van der Waals surface area contributed by atoms with Crippen LogP contribution < -0.4 is 16.6 Å². The number of hydrazine groups is 1. The molecule has 2 aromatic carbocycles. The van der Waals surface area contributed by atoms with E-state index in [1.54, 1.807) is 0 Å². The molecule has 0 aliphatic carbocycles. The lowest BCUT2D eigenvalue weighted by Crippen LogP contribution is -2.28. The zero-order valence-electron chi connectivity index (χ0n) is 13.6. The average molecular weight is 293 g/mol. The lowest BCUT2D eigenvalue weighted by Gasteiger charge is -2.19. The number of fused-ring (bicyclic) bond motifs is 1. The fourth-order valence-corrected chi connectivity index (χ4v) is 2.72. The molecule has 114 valence electrons. The Kier molecular flexibility index (Phi) is 3.45. The number of rotatable bonds is 2. The molecule has 1 aliphatic rings. The van der Waals surface area contributed by atoms with Gasteiger partial charge in [-0.3, -0.25) is 0 Å². The molecule has 0 fully saturated rings. The summed E-state index contributed by atoms with van der Waals surface area (Å²) in [4.78, 5) is 0. The molecule has 0 unspecified atom stereocenters. The quantitative estimate of drug-likeness (QED) is 0.776. The monoisotopic (exact) mass is 293 g/mol. The number of allylic oxidation sites excluding steroid dienone is 1. The van der Waals surface area contributed by atoms with Crippen LogP contribution in [0.15, 0.2) is 48.0 Å². The van der Waals surface area contributed by atoms with E-state index in [9.17, 15) is 0 Å². The van der Waals surface area contributed by atoms with Crippen molar-refractivity contribution < 1.29 is 0 Å². The Balaban J connectivity index is 2.00. The van der Waals surface area contributed by atoms with Gasteiger partial charge in [0.15, 0.2) is 0 Å². The van der Waals surface area contributed by atoms with Crippen LogP contribution in [-0.4, -0.2) is 0 Å². The molecule has 1 heterocycles. The number of anilines is 1. The smallest absolute Gasteiger partial charge is 0.0634 e. The van der Waals surface area contributed by atoms with Crippen molar-refractivity contribution in [1.82, 2.24) is 5.43 Å². The van der Waals surface area contributed by atoms with Gasteiger partial charge in [0.2, 0.25) is 0 Å². The van der Waals surface area contributed by atoms with E-state index in [1.165, 1.54) is 22.3 Å². The zero-order chi connectivity index (χ0) is 15.9. The van der Waals surface area contributed by atoms with E-state index in [0.717, 1.165) is 16.9 Å². The van der Waals surface area contributed by atoms with Gasteiger partial charge in [-0.15, -0.1) is 0 Å². The van der Waals surface area contributed by atoms with Gasteiger partial charge in [0.25, 0.3) is 0 Å². The normalized spacial score (nSPS) is 13.4. The number of benzene rings is 2. The molecule has 0 aromatic heterocycles. The van der Waals surface area contributed by atoms with Gasteiger partial charge < -0.3 is 16.6 Å². The van der Waals surface area contributed by atoms with Crippen molar-refractivity contribution in [3.8, 4) is 11.1 Å². The summed E-state index contributed by atoms with van der Waals surface area (Å²) >= 11 is 0. The van der Waals surface area contributed by atoms with Gasteiger partial charge in [-0.25, -0.2) is 0 Å². The largest absolute Gasteiger partial charge is 0.322 e. The highest BCUT2D eigenvalue weighted by Gasteiger charge is 2.17. The predicted molar refractivity (Wildman–Crippen MR) is 94.1 cm³/mol. The van der Waals surface area contributed by atoms with E-state index in [2.05, 4.69) is 67.2 Å². The molecule has 3 heteroatoms. The molecule has 0 radical (unpaired) electrons. The van der Waals surface area contributed by atoms with Crippen LogP contribution in [-0.2, 0) is 5.54 Å². The molecule has 1 aliphatic heterocycles. The second-order valence-electron chi connectivity index (χ2n) is 6.68. The SMILES string of the molecule is CC(C)=C1NNc2ccc(-c3ccc(C(C)(C)N)cc3)cc21. The van der Waals surface area contributed by atoms with Crippen LogP contribution in [0.4, 0.5) is 5.69 Å². The molecule has 3 rings (SSSR count). The van der Waals surface area contributed by atoms with Gasteiger partial charge in [-0.05, 0) is 56.5 Å². The minimum Gasteiger partial charge on any atom is -0.322 e. The predicted octanol–water partition coefficient (Wildman–Crippen LogP) is 4.23. The van der Waals surface area contributed by atoms with Gasteiger partial charge in [-0.2, -0.15) is 0 Å². The van der Waals surface area contributed by atoms with Crippen molar-refractivity contribution in [2.45, 2.75) is 33.2 Å². The second kappa shape index (κ2) is 5.18. The van der Waals surface area contributed by atoms with Crippen LogP contribution in [0.1, 0.15) is 38.8 Å². The van der Waals surface area contributed by atoms with Gasteiger partial charge in [0, 0.05) is 11.1 Å². The fraction of sp³-hybridized carbons (Fsp3) is 0.263. The second-order valence-corrected chi connectivity index (χ2v) is 6.68. The van der Waals surface area contributed by atoms with Gasteiger partial charge in [0.05, 0.1) is 11.4 Å². The number of hydrogen-bond acceptors (Lipinski definition) is 3. The minimum absolute atomic E-state index is 0.306. The molecule has 0 spiro atoms. The van der Waals surface area contributed by atoms with Crippen molar-refractivity contribution >= 4 is 11.4 Å². The first-order valence-electron chi connectivity index (χ1n) is 7.60. The van der Waals surface area contributed by atoms with Crippen LogP contribution in [0, 0.1) is 0 Å². The molecule has 0 amide bonds. The molecule has 3 nitrogen and oxygen atoms in total. The maximum Gasteiger partial charge on any atom is 0.0634 e. The number of nitrogens with two attached hydrogens (primary N) is 1. The van der Waals surface area contributed by atoms with Gasteiger partial charge in [0.1, 0.15) is 0 Å². The van der Waals surface area contributed by atoms with Gasteiger partial charge >= 0.3 is 0 Å². The van der Waals surface area contributed by atoms with Crippen molar-refractivity contribution in [2.24, 2.45) is 5.73 Å². The molecular weight excluding hydrogens is 270 g/mol. The summed E-state index contributed by atoms with van der Waals surface area (Å²) in [5.41, 5.74) is 20.6. The van der Waals surface area contributed by atoms with E-state index in [0.29, 0.717) is 0 Å². The lowest BCUT2D eigenvalue weighted by atomic mass is 9.93. The first kappa shape index (κ1) is 14.7. The Morgan fingerprint density at radius 1 is 0.909 bits per heavy atom. The molecule has 0 saturated carbocycles. The van der Waals surface area contributed by atoms with E-state index in [-0.39, 0.29) is 5.54 Å². The summed E-state index contributed by atoms with van der Waals surface area (Å²) in [6, 6.07) is 15.0. The summed E-state index contributed by atoms with van der Waals surface area (Å²) in [6.45, 7) is 8.28. The van der Waals surface area contributed by atoms with Crippen LogP contribution >= 0.6 is 0 Å². The number of hydrogen-bond donors (Lipinski definition) is 3. The molecule has 0 bridgehead atoms. The van der Waals surface area contributed by atoms with Crippen LogP contribution in [0.3, 0.4) is 0 Å². The average Bonchev–Trinajstić information content (AvgIpc) is 2.89. The fourth-order valence-electron chi connectivity index (χ4n) is 2.72.